The second kappa shape index (κ2) is 8.50. The molecule has 0 aliphatic carbocycles. The van der Waals surface area contributed by atoms with Gasteiger partial charge >= 0.3 is 0 Å². The number of benzene rings is 1. The van der Waals surface area contributed by atoms with Crippen molar-refractivity contribution in [3.63, 3.8) is 0 Å². The molecule has 112 valence electrons. The zero-order chi connectivity index (χ0) is 15.0. The van der Waals surface area contributed by atoms with Gasteiger partial charge in [0.05, 0.1) is 12.7 Å². The molecule has 0 aliphatic heterocycles. The lowest BCUT2D eigenvalue weighted by atomic mass is 10.2. The SMILES string of the molecule is CCOC(COc1c(C=O)cc(F)cc1OC)OCC. The number of ether oxygens (including phenoxy) is 4. The highest BCUT2D eigenvalue weighted by Gasteiger charge is 2.16. The summed E-state index contributed by atoms with van der Waals surface area (Å²) in [5, 5.41) is 0. The summed E-state index contributed by atoms with van der Waals surface area (Å²) in [5.41, 5.74) is 0.0774. The van der Waals surface area contributed by atoms with Gasteiger partial charge in [-0.1, -0.05) is 0 Å². The molecular weight excluding hydrogens is 267 g/mol. The lowest BCUT2D eigenvalue weighted by Gasteiger charge is -2.19. The van der Waals surface area contributed by atoms with E-state index in [1.165, 1.54) is 7.11 Å². The quantitative estimate of drug-likeness (QED) is 0.515. The fourth-order valence-corrected chi connectivity index (χ4v) is 1.65. The smallest absolute Gasteiger partial charge is 0.191 e. The predicted octanol–water partition coefficient (Wildman–Crippen LogP) is 2.42. The third kappa shape index (κ3) is 4.47. The molecule has 0 unspecified atom stereocenters. The predicted molar refractivity (Wildman–Crippen MR) is 70.9 cm³/mol. The van der Waals surface area contributed by atoms with Gasteiger partial charge in [0, 0.05) is 19.3 Å². The van der Waals surface area contributed by atoms with Crippen molar-refractivity contribution in [2.75, 3.05) is 26.9 Å². The van der Waals surface area contributed by atoms with Gasteiger partial charge in [-0.3, -0.25) is 4.79 Å². The molecule has 5 nitrogen and oxygen atoms in total. The summed E-state index contributed by atoms with van der Waals surface area (Å²) in [5.74, 6) is -0.241. The second-order valence-electron chi connectivity index (χ2n) is 3.80. The van der Waals surface area contributed by atoms with E-state index in [0.29, 0.717) is 19.5 Å². The number of methoxy groups -OCH3 is 1. The topological polar surface area (TPSA) is 54.0 Å². The van der Waals surface area contributed by atoms with Crippen molar-refractivity contribution in [1.82, 2.24) is 0 Å². The van der Waals surface area contributed by atoms with Crippen LogP contribution in [0, 0.1) is 5.82 Å². The Morgan fingerprint density at radius 2 is 1.90 bits per heavy atom. The van der Waals surface area contributed by atoms with Gasteiger partial charge < -0.3 is 18.9 Å². The molecule has 0 atom stereocenters. The highest BCUT2D eigenvalue weighted by molar-refractivity contribution is 5.81. The molecule has 0 N–H and O–H groups in total. The van der Waals surface area contributed by atoms with Gasteiger partial charge in [0.1, 0.15) is 12.4 Å². The van der Waals surface area contributed by atoms with E-state index in [4.69, 9.17) is 18.9 Å². The maximum atomic E-state index is 13.3. The average Bonchev–Trinajstić information content (AvgIpc) is 2.45. The summed E-state index contributed by atoms with van der Waals surface area (Å²) in [6.45, 7) is 4.68. The standard InChI is InChI=1S/C14H19FO5/c1-4-18-13(19-5-2)9-20-14-10(8-16)6-11(15)7-12(14)17-3/h6-8,13H,4-5,9H2,1-3H3. The van der Waals surface area contributed by atoms with E-state index in [0.717, 1.165) is 12.1 Å². The van der Waals surface area contributed by atoms with Crippen molar-refractivity contribution in [2.24, 2.45) is 0 Å². The van der Waals surface area contributed by atoms with Crippen LogP contribution in [-0.2, 0) is 9.47 Å². The summed E-state index contributed by atoms with van der Waals surface area (Å²) in [6.07, 6.45) is -0.0450. The third-order valence-electron chi connectivity index (χ3n) is 2.46. The maximum absolute atomic E-state index is 13.3. The molecule has 0 saturated carbocycles. The number of hydrogen-bond donors (Lipinski definition) is 0. The van der Waals surface area contributed by atoms with Gasteiger partial charge in [0.15, 0.2) is 24.1 Å². The Kier molecular flexibility index (Phi) is 6.97. The molecule has 0 fully saturated rings. The highest BCUT2D eigenvalue weighted by Crippen LogP contribution is 2.31. The first-order valence-corrected chi connectivity index (χ1v) is 6.34. The van der Waals surface area contributed by atoms with E-state index >= 15 is 0 Å². The van der Waals surface area contributed by atoms with E-state index in [-0.39, 0.29) is 23.7 Å². The van der Waals surface area contributed by atoms with Gasteiger partial charge in [-0.05, 0) is 19.9 Å². The number of aldehydes is 1. The molecule has 0 spiro atoms. The highest BCUT2D eigenvalue weighted by atomic mass is 19.1. The van der Waals surface area contributed by atoms with E-state index in [1.807, 2.05) is 13.8 Å². The normalized spacial score (nSPS) is 10.7. The lowest BCUT2D eigenvalue weighted by molar-refractivity contribution is -0.152. The van der Waals surface area contributed by atoms with Crippen molar-refractivity contribution in [2.45, 2.75) is 20.1 Å². The Labute approximate surface area is 117 Å². The summed E-state index contributed by atoms with van der Waals surface area (Å²) in [6, 6.07) is 2.24. The molecule has 1 aromatic carbocycles. The number of halogens is 1. The van der Waals surface area contributed by atoms with Gasteiger partial charge in [0.25, 0.3) is 0 Å². The molecule has 0 radical (unpaired) electrons. The molecule has 0 bridgehead atoms. The molecule has 1 aromatic rings. The zero-order valence-electron chi connectivity index (χ0n) is 11.8. The molecule has 0 aliphatic rings. The molecule has 0 saturated heterocycles. The Hall–Kier alpha value is -1.66. The van der Waals surface area contributed by atoms with Gasteiger partial charge in [-0.25, -0.2) is 4.39 Å². The Morgan fingerprint density at radius 1 is 1.25 bits per heavy atom. The lowest BCUT2D eigenvalue weighted by Crippen LogP contribution is -2.25. The molecule has 1 rings (SSSR count). The first-order chi connectivity index (χ1) is 9.65. The Balaban J connectivity index is 2.87. The third-order valence-corrected chi connectivity index (χ3v) is 2.46. The van der Waals surface area contributed by atoms with Crippen LogP contribution in [0.15, 0.2) is 12.1 Å². The van der Waals surface area contributed by atoms with Crippen LogP contribution in [0.3, 0.4) is 0 Å². The minimum Gasteiger partial charge on any atom is -0.493 e. The van der Waals surface area contributed by atoms with E-state index in [9.17, 15) is 9.18 Å². The monoisotopic (exact) mass is 286 g/mol. The fourth-order valence-electron chi connectivity index (χ4n) is 1.65. The van der Waals surface area contributed by atoms with Crippen LogP contribution >= 0.6 is 0 Å². The summed E-state index contributed by atoms with van der Waals surface area (Å²) < 4.78 is 34.4. The van der Waals surface area contributed by atoms with Gasteiger partial charge in [-0.15, -0.1) is 0 Å². The first-order valence-electron chi connectivity index (χ1n) is 6.34. The fraction of sp³-hybridized carbons (Fsp3) is 0.500. The molecule has 0 heterocycles. The van der Waals surface area contributed by atoms with Crippen molar-refractivity contribution >= 4 is 6.29 Å². The van der Waals surface area contributed by atoms with Gasteiger partial charge in [-0.2, -0.15) is 0 Å². The number of hydrogen-bond acceptors (Lipinski definition) is 5. The van der Waals surface area contributed by atoms with Crippen molar-refractivity contribution in [1.29, 1.82) is 0 Å². The van der Waals surface area contributed by atoms with Crippen molar-refractivity contribution in [3.8, 4) is 11.5 Å². The van der Waals surface area contributed by atoms with Crippen LogP contribution < -0.4 is 9.47 Å². The summed E-state index contributed by atoms with van der Waals surface area (Å²) in [7, 11) is 1.37. The van der Waals surface area contributed by atoms with Crippen molar-refractivity contribution in [3.05, 3.63) is 23.5 Å². The zero-order valence-corrected chi connectivity index (χ0v) is 11.8. The summed E-state index contributed by atoms with van der Waals surface area (Å²) in [4.78, 5) is 11.0. The number of carbonyl (C=O) groups excluding carboxylic acids is 1. The minimum absolute atomic E-state index is 0.0739. The van der Waals surface area contributed by atoms with Crippen LogP contribution in [0.4, 0.5) is 4.39 Å². The number of carbonyl (C=O) groups is 1. The summed E-state index contributed by atoms with van der Waals surface area (Å²) >= 11 is 0. The van der Waals surface area contributed by atoms with Crippen LogP contribution in [0.25, 0.3) is 0 Å². The second-order valence-corrected chi connectivity index (χ2v) is 3.80. The van der Waals surface area contributed by atoms with Crippen LogP contribution in [0.2, 0.25) is 0 Å². The van der Waals surface area contributed by atoms with Crippen LogP contribution in [0.1, 0.15) is 24.2 Å². The molecule has 6 heteroatoms. The molecule has 20 heavy (non-hydrogen) atoms. The van der Waals surface area contributed by atoms with E-state index < -0.39 is 12.1 Å². The van der Waals surface area contributed by atoms with E-state index in [2.05, 4.69) is 0 Å². The van der Waals surface area contributed by atoms with Crippen molar-refractivity contribution < 1.29 is 28.1 Å². The average molecular weight is 286 g/mol. The minimum atomic E-state index is -0.567. The van der Waals surface area contributed by atoms with Gasteiger partial charge in [0.2, 0.25) is 0 Å². The van der Waals surface area contributed by atoms with Crippen LogP contribution in [-0.4, -0.2) is 39.5 Å². The largest absolute Gasteiger partial charge is 0.493 e. The molecule has 0 amide bonds. The number of rotatable bonds is 9. The molecule has 0 aromatic heterocycles. The Morgan fingerprint density at radius 3 is 2.40 bits per heavy atom. The van der Waals surface area contributed by atoms with Crippen LogP contribution in [0.5, 0.6) is 11.5 Å². The first kappa shape index (κ1) is 16.4. The van der Waals surface area contributed by atoms with E-state index in [1.54, 1.807) is 0 Å². The Bertz CT molecular complexity index is 430. The maximum Gasteiger partial charge on any atom is 0.191 e. The molecular formula is C14H19FO5.